The summed E-state index contributed by atoms with van der Waals surface area (Å²) >= 11 is 0. The van der Waals surface area contributed by atoms with Crippen molar-refractivity contribution in [1.82, 2.24) is 0 Å². The maximum absolute atomic E-state index is 5.49. The molecule has 0 unspecified atom stereocenters. The summed E-state index contributed by atoms with van der Waals surface area (Å²) in [5.74, 6) is 14.1. The number of para-hydroxylation sites is 2. The molecule has 0 aliphatic heterocycles. The predicted octanol–water partition coefficient (Wildman–Crippen LogP) is 26.8. The lowest BCUT2D eigenvalue weighted by Crippen LogP contribution is -2.14. The zero-order valence-corrected chi connectivity index (χ0v) is 54.1. The summed E-state index contributed by atoms with van der Waals surface area (Å²) in [5.41, 5.74) is 7.27. The van der Waals surface area contributed by atoms with Crippen molar-refractivity contribution < 1.29 is 0 Å². The molecule has 2 aromatic rings. The van der Waals surface area contributed by atoms with E-state index in [-0.39, 0.29) is 0 Å². The second kappa shape index (κ2) is 59.1. The van der Waals surface area contributed by atoms with E-state index < -0.39 is 0 Å². The Morgan fingerprint density at radius 3 is 0.713 bits per heavy atom. The maximum Gasteiger partial charge on any atom is 0.0665 e. The zero-order chi connectivity index (χ0) is 57.0. The molecule has 0 bridgehead atoms. The number of benzene rings is 2. The number of nitrogens with zero attached hydrogens (tertiary/aromatic N) is 2. The van der Waals surface area contributed by atoms with Gasteiger partial charge in [-0.25, -0.2) is 0 Å². The minimum Gasteiger partial charge on any atom is -0.251 e. The lowest BCUT2D eigenvalue weighted by atomic mass is 10.0. The minimum absolute atomic E-state index is 0.964. The quantitative estimate of drug-likeness (QED) is 0.0358. The van der Waals surface area contributed by atoms with Gasteiger partial charge in [-0.15, -0.1) is 23.7 Å². The first-order valence-electron chi connectivity index (χ1n) is 36.0. The van der Waals surface area contributed by atoms with Crippen molar-refractivity contribution in [2.45, 2.75) is 387 Å². The Balaban J connectivity index is 1.65. The Morgan fingerprint density at radius 2 is 0.463 bits per heavy atom. The van der Waals surface area contributed by atoms with E-state index in [2.05, 4.69) is 99.9 Å². The molecule has 2 heteroatoms. The number of aryl methyl sites for hydroxylation is 2. The number of unbranched alkanes of at least 4 members (excludes halogenated alkanes) is 46. The van der Waals surface area contributed by atoms with E-state index in [4.69, 9.17) is 9.98 Å². The molecular formula is C78H132N2. The average molecular weight is 1100 g/mol. The highest BCUT2D eigenvalue weighted by Crippen LogP contribution is 2.27. The monoisotopic (exact) mass is 1100 g/mol. The van der Waals surface area contributed by atoms with Crippen LogP contribution in [0.2, 0.25) is 0 Å². The summed E-state index contributed by atoms with van der Waals surface area (Å²) in [6.07, 6.45) is 74.8. The topological polar surface area (TPSA) is 24.7 Å². The van der Waals surface area contributed by atoms with Crippen molar-refractivity contribution in [2.75, 3.05) is 0 Å². The van der Waals surface area contributed by atoms with Crippen LogP contribution in [-0.2, 0) is 12.8 Å². The number of aliphatic imine (C=N–C) groups is 2. The van der Waals surface area contributed by atoms with E-state index in [1.54, 1.807) is 0 Å². The lowest BCUT2D eigenvalue weighted by Gasteiger charge is -2.14. The van der Waals surface area contributed by atoms with Gasteiger partial charge in [-0.3, -0.25) is 9.98 Å². The standard InChI is InChI=1S/C78H132N2/c1-5-9-13-15-17-19-21-23-25-27-29-31-33-35-37-39-41-43-45-47-49-51-53-55-57-59-65-73-67-61-63-71-75(73)79-77(69-11-7-3)78(70-12-8-4)80-76-72-64-62-68-74(76)66-60-58-56-54-52-50-48-46-44-42-40-38-36-34-32-30-28-26-24-22-20-18-16-14-10-6-2/h61-64,67-68,71-72H,5-52,57-60,65-66,69-70H2,1-4H3. The molecule has 0 aliphatic carbocycles. The summed E-state index contributed by atoms with van der Waals surface area (Å²) in [6, 6.07) is 17.7. The Hall–Kier alpha value is -3.10. The van der Waals surface area contributed by atoms with Gasteiger partial charge in [0.2, 0.25) is 0 Å². The molecule has 0 aliphatic rings. The van der Waals surface area contributed by atoms with E-state index >= 15 is 0 Å². The predicted molar refractivity (Wildman–Crippen MR) is 362 cm³/mol. The molecule has 0 heterocycles. The fourth-order valence-electron chi connectivity index (χ4n) is 11.6. The molecule has 2 rings (SSSR count). The number of rotatable bonds is 57. The van der Waals surface area contributed by atoms with Crippen LogP contribution < -0.4 is 0 Å². The minimum atomic E-state index is 0.964. The van der Waals surface area contributed by atoms with Gasteiger partial charge in [0.25, 0.3) is 0 Å². The SMILES string of the molecule is CCCCCCCCCCCCCCCCCCCCCCCC#CCCCc1ccccc1N=C(CCCC)C(CCCC)=Nc1ccccc1CCCC#CCCCCCCCCCCCCCCCCCCCCCCC. The molecule has 0 spiro atoms. The molecule has 80 heavy (non-hydrogen) atoms. The Labute approximate surface area is 500 Å². The first-order valence-corrected chi connectivity index (χ1v) is 36.0. The average Bonchev–Trinajstić information content (AvgIpc) is 3.47. The Bertz CT molecular complexity index is 1690. The van der Waals surface area contributed by atoms with Crippen molar-refractivity contribution in [1.29, 1.82) is 0 Å². The highest BCUT2D eigenvalue weighted by molar-refractivity contribution is 6.43. The molecule has 0 N–H and O–H groups in total. The van der Waals surface area contributed by atoms with E-state index in [1.165, 1.54) is 292 Å². The van der Waals surface area contributed by atoms with Gasteiger partial charge < -0.3 is 0 Å². The smallest absolute Gasteiger partial charge is 0.0665 e. The van der Waals surface area contributed by atoms with Crippen LogP contribution in [-0.4, -0.2) is 11.4 Å². The second-order valence-corrected chi connectivity index (χ2v) is 24.6. The second-order valence-electron chi connectivity index (χ2n) is 24.6. The van der Waals surface area contributed by atoms with E-state index in [9.17, 15) is 0 Å². The third kappa shape index (κ3) is 45.4. The van der Waals surface area contributed by atoms with Gasteiger partial charge in [0.05, 0.1) is 22.8 Å². The first-order chi connectivity index (χ1) is 39.7. The molecule has 0 radical (unpaired) electrons. The van der Waals surface area contributed by atoms with Crippen molar-refractivity contribution in [3.63, 3.8) is 0 Å². The van der Waals surface area contributed by atoms with Crippen molar-refractivity contribution in [2.24, 2.45) is 9.98 Å². The molecular weight excluding hydrogens is 965 g/mol. The molecule has 0 amide bonds. The molecule has 0 fully saturated rings. The summed E-state index contributed by atoms with van der Waals surface area (Å²) in [5, 5.41) is 0. The van der Waals surface area contributed by atoms with Crippen LogP contribution in [0.4, 0.5) is 11.4 Å². The third-order valence-electron chi connectivity index (χ3n) is 16.9. The van der Waals surface area contributed by atoms with Crippen LogP contribution in [0.5, 0.6) is 0 Å². The van der Waals surface area contributed by atoms with Crippen LogP contribution in [0.3, 0.4) is 0 Å². The van der Waals surface area contributed by atoms with Crippen LogP contribution in [0.15, 0.2) is 58.5 Å². The van der Waals surface area contributed by atoms with Crippen LogP contribution >= 0.6 is 0 Å². The lowest BCUT2D eigenvalue weighted by molar-refractivity contribution is 0.520. The van der Waals surface area contributed by atoms with Gasteiger partial charge in [0.1, 0.15) is 0 Å². The molecule has 2 aromatic carbocycles. The third-order valence-corrected chi connectivity index (χ3v) is 16.9. The van der Waals surface area contributed by atoms with Gasteiger partial charge >= 0.3 is 0 Å². The fourth-order valence-corrected chi connectivity index (χ4v) is 11.6. The fraction of sp³-hybridized carbons (Fsp3) is 0.769. The first kappa shape index (κ1) is 73.0. The molecule has 454 valence electrons. The van der Waals surface area contributed by atoms with Crippen LogP contribution in [0, 0.1) is 23.7 Å². The normalized spacial score (nSPS) is 11.8. The van der Waals surface area contributed by atoms with Gasteiger partial charge in [-0.1, -0.05) is 334 Å². The molecule has 0 atom stereocenters. The van der Waals surface area contributed by atoms with E-state index in [0.29, 0.717) is 0 Å². The van der Waals surface area contributed by atoms with Crippen LogP contribution in [0.1, 0.15) is 386 Å². The highest BCUT2D eigenvalue weighted by atomic mass is 14.8. The van der Waals surface area contributed by atoms with E-state index in [1.807, 2.05) is 0 Å². The number of hydrogen-bond donors (Lipinski definition) is 0. The van der Waals surface area contributed by atoms with Gasteiger partial charge in [-0.05, 0) is 87.5 Å². The molecule has 0 saturated carbocycles. The summed E-state index contributed by atoms with van der Waals surface area (Å²) in [7, 11) is 0. The van der Waals surface area contributed by atoms with Gasteiger partial charge in [-0.2, -0.15) is 0 Å². The summed E-state index contributed by atoms with van der Waals surface area (Å²) < 4.78 is 0. The molecule has 0 saturated heterocycles. The Kier molecular flexibility index (Phi) is 53.9. The highest BCUT2D eigenvalue weighted by Gasteiger charge is 2.13. The Morgan fingerprint density at radius 1 is 0.250 bits per heavy atom. The van der Waals surface area contributed by atoms with Crippen molar-refractivity contribution in [3.8, 4) is 23.7 Å². The van der Waals surface area contributed by atoms with Gasteiger partial charge in [0.15, 0.2) is 0 Å². The van der Waals surface area contributed by atoms with E-state index in [0.717, 1.165) is 101 Å². The summed E-state index contributed by atoms with van der Waals surface area (Å²) in [6.45, 7) is 9.20. The van der Waals surface area contributed by atoms with Crippen molar-refractivity contribution in [3.05, 3.63) is 59.7 Å². The maximum atomic E-state index is 5.49. The molecule has 2 nitrogen and oxygen atoms in total. The summed E-state index contributed by atoms with van der Waals surface area (Å²) in [4.78, 5) is 11.0. The van der Waals surface area contributed by atoms with Gasteiger partial charge in [0, 0.05) is 25.7 Å². The zero-order valence-electron chi connectivity index (χ0n) is 54.1. The van der Waals surface area contributed by atoms with Crippen molar-refractivity contribution >= 4 is 22.8 Å². The van der Waals surface area contributed by atoms with Crippen LogP contribution in [0.25, 0.3) is 0 Å². The molecule has 0 aromatic heterocycles. The largest absolute Gasteiger partial charge is 0.251 e. The number of hydrogen-bond acceptors (Lipinski definition) is 2.